The average Bonchev–Trinajstić information content (AvgIpc) is 2.82. The number of rotatable bonds is 7. The van der Waals surface area contributed by atoms with E-state index in [1.807, 2.05) is 42.8 Å². The number of anilines is 1. The molecule has 0 fully saturated rings. The molecule has 0 aliphatic heterocycles. The molecule has 0 aliphatic rings. The molecule has 1 aromatic carbocycles. The Morgan fingerprint density at radius 2 is 2.24 bits per heavy atom. The molecule has 0 spiro atoms. The van der Waals surface area contributed by atoms with Gasteiger partial charge in [0.25, 0.3) is 0 Å². The predicted molar refractivity (Wildman–Crippen MR) is 90.6 cm³/mol. The molecule has 1 N–H and O–H groups in total. The molecule has 114 valence electrons. The van der Waals surface area contributed by atoms with Gasteiger partial charge in [-0.25, -0.2) is 4.98 Å². The normalized spacial score (nSPS) is 10.9. The minimum atomic E-state index is 0.696. The number of aryl methyl sites for hydroxylation is 1. The van der Waals surface area contributed by atoms with Crippen LogP contribution in [0.25, 0.3) is 5.69 Å². The highest BCUT2D eigenvalue weighted by Crippen LogP contribution is 2.27. The third kappa shape index (κ3) is 4.46. The fraction of sp³-hybridized carbons (Fsp3) is 0.400. The monoisotopic (exact) mass is 371 g/mol. The predicted octanol–water partition coefficient (Wildman–Crippen LogP) is 4.44. The lowest BCUT2D eigenvalue weighted by molar-refractivity contribution is 0.147. The Kier molecular flexibility index (Phi) is 6.08. The molecule has 21 heavy (non-hydrogen) atoms. The van der Waals surface area contributed by atoms with E-state index in [9.17, 15) is 0 Å². The molecule has 0 bridgehead atoms. The van der Waals surface area contributed by atoms with E-state index in [0.29, 0.717) is 5.02 Å². The minimum absolute atomic E-state index is 0.696. The number of hydrogen-bond acceptors (Lipinski definition) is 3. The second-order valence-electron chi connectivity index (χ2n) is 4.65. The SMILES string of the molecule is CCOCCCNc1nc(C)cn1-c1cc(Cl)ccc1Br. The summed E-state index contributed by atoms with van der Waals surface area (Å²) in [6.45, 7) is 6.29. The lowest BCUT2D eigenvalue weighted by Gasteiger charge is -2.11. The molecular weight excluding hydrogens is 354 g/mol. The molecule has 1 aromatic heterocycles. The number of ether oxygens (including phenoxy) is 1. The van der Waals surface area contributed by atoms with Gasteiger partial charge in [0.1, 0.15) is 0 Å². The van der Waals surface area contributed by atoms with Crippen LogP contribution in [0.5, 0.6) is 0 Å². The van der Waals surface area contributed by atoms with E-state index in [1.165, 1.54) is 0 Å². The van der Waals surface area contributed by atoms with Crippen LogP contribution in [0.4, 0.5) is 5.95 Å². The molecule has 0 aliphatic carbocycles. The maximum atomic E-state index is 6.10. The van der Waals surface area contributed by atoms with E-state index in [-0.39, 0.29) is 0 Å². The van der Waals surface area contributed by atoms with E-state index < -0.39 is 0 Å². The molecule has 0 amide bonds. The zero-order chi connectivity index (χ0) is 15.2. The summed E-state index contributed by atoms with van der Waals surface area (Å²) in [5.41, 5.74) is 1.92. The second kappa shape index (κ2) is 7.82. The van der Waals surface area contributed by atoms with Crippen molar-refractivity contribution in [1.82, 2.24) is 9.55 Å². The Morgan fingerprint density at radius 1 is 1.43 bits per heavy atom. The first-order valence-electron chi connectivity index (χ1n) is 6.95. The Hall–Kier alpha value is -1.04. The number of nitrogens with one attached hydrogen (secondary N) is 1. The highest BCUT2D eigenvalue weighted by atomic mass is 79.9. The van der Waals surface area contributed by atoms with Crippen molar-refractivity contribution in [3.05, 3.63) is 39.6 Å². The molecule has 0 saturated carbocycles. The van der Waals surface area contributed by atoms with Crippen LogP contribution in [0, 0.1) is 6.92 Å². The first-order chi connectivity index (χ1) is 10.1. The fourth-order valence-electron chi connectivity index (χ4n) is 2.00. The van der Waals surface area contributed by atoms with Crippen molar-refractivity contribution in [1.29, 1.82) is 0 Å². The summed E-state index contributed by atoms with van der Waals surface area (Å²) in [4.78, 5) is 4.52. The van der Waals surface area contributed by atoms with Gasteiger partial charge in [0.05, 0.1) is 11.4 Å². The average molecular weight is 373 g/mol. The highest BCUT2D eigenvalue weighted by molar-refractivity contribution is 9.10. The van der Waals surface area contributed by atoms with Crippen LogP contribution >= 0.6 is 27.5 Å². The molecule has 6 heteroatoms. The van der Waals surface area contributed by atoms with Gasteiger partial charge >= 0.3 is 0 Å². The van der Waals surface area contributed by atoms with E-state index in [2.05, 4.69) is 26.2 Å². The van der Waals surface area contributed by atoms with Crippen LogP contribution in [-0.4, -0.2) is 29.3 Å². The summed E-state index contributed by atoms with van der Waals surface area (Å²) in [6.07, 6.45) is 2.93. The Bertz CT molecular complexity index is 601. The van der Waals surface area contributed by atoms with Crippen LogP contribution in [0.1, 0.15) is 19.0 Å². The minimum Gasteiger partial charge on any atom is -0.382 e. The number of imidazole rings is 1. The highest BCUT2D eigenvalue weighted by Gasteiger charge is 2.10. The van der Waals surface area contributed by atoms with Crippen molar-refractivity contribution < 1.29 is 4.74 Å². The lowest BCUT2D eigenvalue weighted by Crippen LogP contribution is -2.10. The molecule has 1 heterocycles. The van der Waals surface area contributed by atoms with Gasteiger partial charge in [0, 0.05) is 35.5 Å². The van der Waals surface area contributed by atoms with E-state index in [0.717, 1.165) is 48.0 Å². The first kappa shape index (κ1) is 16.3. The van der Waals surface area contributed by atoms with Gasteiger partial charge in [0.15, 0.2) is 0 Å². The molecule has 2 rings (SSSR count). The summed E-state index contributed by atoms with van der Waals surface area (Å²) in [5.74, 6) is 0.812. The zero-order valence-corrected chi connectivity index (χ0v) is 14.5. The van der Waals surface area contributed by atoms with Gasteiger partial charge in [-0.1, -0.05) is 11.6 Å². The van der Waals surface area contributed by atoms with Gasteiger partial charge in [0.2, 0.25) is 5.95 Å². The molecule has 0 radical (unpaired) electrons. The maximum Gasteiger partial charge on any atom is 0.207 e. The summed E-state index contributed by atoms with van der Waals surface area (Å²) in [7, 11) is 0. The van der Waals surface area contributed by atoms with Gasteiger partial charge in [-0.3, -0.25) is 4.57 Å². The lowest BCUT2D eigenvalue weighted by atomic mass is 10.3. The van der Waals surface area contributed by atoms with E-state index >= 15 is 0 Å². The van der Waals surface area contributed by atoms with E-state index in [4.69, 9.17) is 16.3 Å². The van der Waals surface area contributed by atoms with Crippen molar-refractivity contribution in [2.45, 2.75) is 20.3 Å². The summed E-state index contributed by atoms with van der Waals surface area (Å²) < 4.78 is 8.31. The zero-order valence-electron chi connectivity index (χ0n) is 12.2. The topological polar surface area (TPSA) is 39.1 Å². The third-order valence-electron chi connectivity index (χ3n) is 2.95. The van der Waals surface area contributed by atoms with Gasteiger partial charge in [-0.2, -0.15) is 0 Å². The standard InChI is InChI=1S/C15H19BrClN3O/c1-3-21-8-4-7-18-15-19-11(2)10-20(15)14-9-12(17)5-6-13(14)16/h5-6,9-10H,3-4,7-8H2,1-2H3,(H,18,19). The summed E-state index contributed by atoms with van der Waals surface area (Å²) in [6, 6.07) is 5.71. The van der Waals surface area contributed by atoms with Gasteiger partial charge in [-0.15, -0.1) is 0 Å². The van der Waals surface area contributed by atoms with Crippen LogP contribution in [-0.2, 0) is 4.74 Å². The number of benzene rings is 1. The number of aromatic nitrogens is 2. The summed E-state index contributed by atoms with van der Waals surface area (Å²) >= 11 is 9.65. The molecule has 4 nitrogen and oxygen atoms in total. The van der Waals surface area contributed by atoms with Crippen LogP contribution in [0.2, 0.25) is 5.02 Å². The van der Waals surface area contributed by atoms with Gasteiger partial charge < -0.3 is 10.1 Å². The maximum absolute atomic E-state index is 6.10. The Balaban J connectivity index is 2.14. The smallest absolute Gasteiger partial charge is 0.207 e. The number of hydrogen-bond donors (Lipinski definition) is 1. The van der Waals surface area contributed by atoms with Crippen LogP contribution in [0.15, 0.2) is 28.9 Å². The van der Waals surface area contributed by atoms with Crippen molar-refractivity contribution in [3.63, 3.8) is 0 Å². The molecule has 0 saturated heterocycles. The van der Waals surface area contributed by atoms with Gasteiger partial charge in [-0.05, 0) is 54.4 Å². The van der Waals surface area contributed by atoms with Crippen molar-refractivity contribution >= 4 is 33.5 Å². The molecule has 0 atom stereocenters. The van der Waals surface area contributed by atoms with E-state index in [1.54, 1.807) is 0 Å². The molecule has 2 aromatic rings. The first-order valence-corrected chi connectivity index (χ1v) is 8.12. The summed E-state index contributed by atoms with van der Waals surface area (Å²) in [5, 5.41) is 4.04. The largest absolute Gasteiger partial charge is 0.382 e. The molecular formula is C15H19BrClN3O. The van der Waals surface area contributed by atoms with Crippen molar-refractivity contribution in [2.24, 2.45) is 0 Å². The second-order valence-corrected chi connectivity index (χ2v) is 5.94. The third-order valence-corrected chi connectivity index (χ3v) is 3.85. The van der Waals surface area contributed by atoms with Crippen LogP contribution in [0.3, 0.4) is 0 Å². The van der Waals surface area contributed by atoms with Crippen LogP contribution < -0.4 is 5.32 Å². The fourth-order valence-corrected chi connectivity index (χ4v) is 2.60. The molecule has 0 unspecified atom stereocenters. The number of halogens is 2. The van der Waals surface area contributed by atoms with Crippen molar-refractivity contribution in [3.8, 4) is 5.69 Å². The van der Waals surface area contributed by atoms with Crippen molar-refractivity contribution in [2.75, 3.05) is 25.1 Å². The number of nitrogens with zero attached hydrogens (tertiary/aromatic N) is 2. The Labute approximate surface area is 138 Å². The Morgan fingerprint density at radius 3 is 3.00 bits per heavy atom. The quantitative estimate of drug-likeness (QED) is 0.731.